The summed E-state index contributed by atoms with van der Waals surface area (Å²) in [4.78, 5) is 3.80. The van der Waals surface area contributed by atoms with Crippen LogP contribution in [0.1, 0.15) is 39.7 Å². The van der Waals surface area contributed by atoms with Crippen LogP contribution in [-0.4, -0.2) is 23.3 Å². The summed E-state index contributed by atoms with van der Waals surface area (Å²) in [5.41, 5.74) is -1.74. The van der Waals surface area contributed by atoms with Gasteiger partial charge >= 0.3 is 7.12 Å². The lowest BCUT2D eigenvalue weighted by Crippen LogP contribution is -2.41. The Balaban J connectivity index is 2.28. The molecule has 2 heterocycles. The predicted molar refractivity (Wildman–Crippen MR) is 64.9 cm³/mol. The Labute approximate surface area is 110 Å². The monoisotopic (exact) mass is 273 g/mol. The minimum atomic E-state index is -2.89. The standard InChI is InChI=1S/C12H15BF3NO2/c1-11(2)12(3,4)19-13(18-11)9-5-8(14)7(6-17-9)10(15)16/h5-6,10H,1-4H3. The lowest BCUT2D eigenvalue weighted by molar-refractivity contribution is 0.00578. The third-order valence-electron chi connectivity index (χ3n) is 3.63. The molecule has 0 atom stereocenters. The van der Waals surface area contributed by atoms with Crippen LogP contribution in [0.15, 0.2) is 12.3 Å². The van der Waals surface area contributed by atoms with Gasteiger partial charge in [0.1, 0.15) is 5.82 Å². The number of aromatic nitrogens is 1. The average molecular weight is 273 g/mol. The zero-order valence-corrected chi connectivity index (χ0v) is 11.2. The third kappa shape index (κ3) is 2.49. The van der Waals surface area contributed by atoms with Crippen molar-refractivity contribution in [1.29, 1.82) is 0 Å². The van der Waals surface area contributed by atoms with Crippen molar-refractivity contribution in [2.75, 3.05) is 0 Å². The summed E-state index contributed by atoms with van der Waals surface area (Å²) < 4.78 is 49.7. The molecule has 1 saturated heterocycles. The van der Waals surface area contributed by atoms with Crippen LogP contribution in [0.25, 0.3) is 0 Å². The van der Waals surface area contributed by atoms with E-state index in [1.807, 2.05) is 27.7 Å². The van der Waals surface area contributed by atoms with E-state index in [1.165, 1.54) is 0 Å². The molecule has 0 amide bonds. The highest BCUT2D eigenvalue weighted by Crippen LogP contribution is 2.36. The minimum Gasteiger partial charge on any atom is -0.398 e. The smallest absolute Gasteiger partial charge is 0.398 e. The summed E-state index contributed by atoms with van der Waals surface area (Å²) in [6, 6.07) is 0.934. The first-order chi connectivity index (χ1) is 8.64. The Kier molecular flexibility index (Phi) is 3.39. The second-order valence-electron chi connectivity index (χ2n) is 5.52. The fraction of sp³-hybridized carbons (Fsp3) is 0.583. The molecule has 1 aliphatic heterocycles. The van der Waals surface area contributed by atoms with Crippen LogP contribution in [0.2, 0.25) is 0 Å². The van der Waals surface area contributed by atoms with Crippen LogP contribution in [0.3, 0.4) is 0 Å². The highest BCUT2D eigenvalue weighted by Gasteiger charge is 2.52. The van der Waals surface area contributed by atoms with Crippen LogP contribution >= 0.6 is 0 Å². The molecule has 0 radical (unpaired) electrons. The maximum Gasteiger partial charge on any atom is 0.514 e. The van der Waals surface area contributed by atoms with Crippen LogP contribution in [-0.2, 0) is 9.31 Å². The molecule has 0 saturated carbocycles. The van der Waals surface area contributed by atoms with E-state index in [9.17, 15) is 13.2 Å². The molecule has 3 nitrogen and oxygen atoms in total. The van der Waals surface area contributed by atoms with Gasteiger partial charge in [-0.25, -0.2) is 13.2 Å². The first kappa shape index (κ1) is 14.3. The number of pyridine rings is 1. The molecule has 1 aromatic heterocycles. The van der Waals surface area contributed by atoms with Gasteiger partial charge in [-0.05, 0) is 33.8 Å². The SMILES string of the molecule is CC1(C)OB(c2cc(F)c(C(F)F)cn2)OC1(C)C. The van der Waals surface area contributed by atoms with Crippen molar-refractivity contribution in [1.82, 2.24) is 4.98 Å². The molecule has 0 N–H and O–H groups in total. The highest BCUT2D eigenvalue weighted by atomic mass is 19.3. The van der Waals surface area contributed by atoms with E-state index < -0.39 is 36.1 Å². The third-order valence-corrected chi connectivity index (χ3v) is 3.63. The summed E-state index contributed by atoms with van der Waals surface area (Å²) >= 11 is 0. The number of nitrogens with zero attached hydrogens (tertiary/aromatic N) is 1. The topological polar surface area (TPSA) is 31.4 Å². The molecule has 0 aliphatic carbocycles. The van der Waals surface area contributed by atoms with Crippen molar-refractivity contribution >= 4 is 12.7 Å². The first-order valence-electron chi connectivity index (χ1n) is 5.93. The van der Waals surface area contributed by atoms with E-state index in [0.717, 1.165) is 12.3 Å². The van der Waals surface area contributed by atoms with E-state index in [2.05, 4.69) is 4.98 Å². The van der Waals surface area contributed by atoms with Crippen molar-refractivity contribution in [3.8, 4) is 0 Å². The number of alkyl halides is 2. The van der Waals surface area contributed by atoms with Gasteiger partial charge in [-0.1, -0.05) is 0 Å². The first-order valence-corrected chi connectivity index (χ1v) is 5.93. The molecule has 0 bridgehead atoms. The summed E-state index contributed by atoms with van der Waals surface area (Å²) in [5, 5.41) is 0. The van der Waals surface area contributed by atoms with Crippen LogP contribution in [0, 0.1) is 5.82 Å². The quantitative estimate of drug-likeness (QED) is 0.775. The lowest BCUT2D eigenvalue weighted by Gasteiger charge is -2.32. The van der Waals surface area contributed by atoms with Crippen molar-refractivity contribution < 1.29 is 22.5 Å². The van der Waals surface area contributed by atoms with Gasteiger partial charge < -0.3 is 9.31 Å². The van der Waals surface area contributed by atoms with Gasteiger partial charge in [-0.3, -0.25) is 4.98 Å². The normalized spacial score (nSPS) is 21.2. The van der Waals surface area contributed by atoms with Crippen LogP contribution < -0.4 is 5.59 Å². The Morgan fingerprint density at radius 2 is 1.68 bits per heavy atom. The van der Waals surface area contributed by atoms with Crippen molar-refractivity contribution in [3.63, 3.8) is 0 Å². The van der Waals surface area contributed by atoms with Gasteiger partial charge in [0.2, 0.25) is 0 Å². The van der Waals surface area contributed by atoms with E-state index >= 15 is 0 Å². The van der Waals surface area contributed by atoms with Crippen LogP contribution in [0.5, 0.6) is 0 Å². The lowest BCUT2D eigenvalue weighted by atomic mass is 9.84. The second-order valence-corrected chi connectivity index (χ2v) is 5.52. The molecule has 0 spiro atoms. The maximum atomic E-state index is 13.5. The fourth-order valence-electron chi connectivity index (χ4n) is 1.71. The van der Waals surface area contributed by atoms with E-state index in [4.69, 9.17) is 9.31 Å². The molecular formula is C12H15BF3NO2. The summed E-state index contributed by atoms with van der Waals surface area (Å²) in [7, 11) is -0.855. The Bertz CT molecular complexity index is 478. The zero-order chi connectivity index (χ0) is 14.4. The van der Waals surface area contributed by atoms with Crippen molar-refractivity contribution in [2.24, 2.45) is 0 Å². The van der Waals surface area contributed by atoms with Crippen LogP contribution in [0.4, 0.5) is 13.2 Å². The Hall–Kier alpha value is -1.08. The number of rotatable bonds is 2. The predicted octanol–water partition coefficient (Wildman–Crippen LogP) is 2.46. The molecule has 104 valence electrons. The molecule has 1 fully saturated rings. The summed E-state index contributed by atoms with van der Waals surface area (Å²) in [6.07, 6.45) is -2.07. The fourth-order valence-corrected chi connectivity index (χ4v) is 1.71. The van der Waals surface area contributed by atoms with Gasteiger partial charge in [-0.15, -0.1) is 0 Å². The number of hydrogen-bond acceptors (Lipinski definition) is 3. The molecular weight excluding hydrogens is 258 g/mol. The van der Waals surface area contributed by atoms with Crippen molar-refractivity contribution in [3.05, 3.63) is 23.6 Å². The molecule has 1 aromatic rings. The average Bonchev–Trinajstić information content (AvgIpc) is 2.47. The zero-order valence-electron chi connectivity index (χ0n) is 11.2. The van der Waals surface area contributed by atoms with Gasteiger partial charge in [0.05, 0.1) is 22.4 Å². The van der Waals surface area contributed by atoms with Gasteiger partial charge in [0.15, 0.2) is 0 Å². The molecule has 1 aliphatic rings. The molecule has 0 unspecified atom stereocenters. The molecule has 0 aromatic carbocycles. The van der Waals surface area contributed by atoms with Crippen molar-refractivity contribution in [2.45, 2.75) is 45.3 Å². The van der Waals surface area contributed by atoms with E-state index in [0.29, 0.717) is 0 Å². The molecule has 7 heteroatoms. The largest absolute Gasteiger partial charge is 0.514 e. The summed E-state index contributed by atoms with van der Waals surface area (Å²) in [5.74, 6) is -1.00. The Morgan fingerprint density at radius 3 is 2.11 bits per heavy atom. The second kappa shape index (κ2) is 4.49. The van der Waals surface area contributed by atoms with Gasteiger partial charge in [-0.2, -0.15) is 0 Å². The highest BCUT2D eigenvalue weighted by molar-refractivity contribution is 6.61. The maximum absolute atomic E-state index is 13.5. The minimum absolute atomic E-state index is 0.153. The number of halogens is 3. The molecule has 19 heavy (non-hydrogen) atoms. The number of hydrogen-bond donors (Lipinski definition) is 0. The van der Waals surface area contributed by atoms with Gasteiger partial charge in [0.25, 0.3) is 6.43 Å². The molecule has 2 rings (SSSR count). The van der Waals surface area contributed by atoms with E-state index in [1.54, 1.807) is 0 Å². The Morgan fingerprint density at radius 1 is 1.16 bits per heavy atom. The van der Waals surface area contributed by atoms with E-state index in [-0.39, 0.29) is 5.59 Å². The van der Waals surface area contributed by atoms with Gasteiger partial charge in [0, 0.05) is 6.20 Å². The summed E-state index contributed by atoms with van der Waals surface area (Å²) in [6.45, 7) is 7.38.